The van der Waals surface area contributed by atoms with Crippen molar-refractivity contribution in [1.82, 2.24) is 9.88 Å². The number of nitrogens with zero attached hydrogens (tertiary/aromatic N) is 3. The summed E-state index contributed by atoms with van der Waals surface area (Å²) in [5, 5.41) is 0. The van der Waals surface area contributed by atoms with Crippen molar-refractivity contribution < 1.29 is 0 Å². The first-order valence-electron chi connectivity index (χ1n) is 7.05. The second kappa shape index (κ2) is 5.45. The van der Waals surface area contributed by atoms with E-state index in [-0.39, 0.29) is 0 Å². The third kappa shape index (κ3) is 2.31. The van der Waals surface area contributed by atoms with Crippen LogP contribution in [0.15, 0.2) is 59.9 Å². The average molecular weight is 265 g/mol. The van der Waals surface area contributed by atoms with Gasteiger partial charge in [0.15, 0.2) is 0 Å². The number of hydrogen-bond donors (Lipinski definition) is 0. The Morgan fingerprint density at radius 3 is 2.40 bits per heavy atom. The van der Waals surface area contributed by atoms with Crippen LogP contribution in [0.2, 0.25) is 0 Å². The minimum atomic E-state index is 0.333. The molecular weight excluding hydrogens is 246 g/mol. The first-order chi connectivity index (χ1) is 9.77. The molecule has 0 spiro atoms. The number of aliphatic imine (C=N–C) groups is 1. The molecule has 2 heterocycles. The Bertz CT molecular complexity index is 590. The fourth-order valence-corrected chi connectivity index (χ4v) is 2.78. The topological polar surface area (TPSA) is 28.5 Å². The molecule has 1 aromatic heterocycles. The molecule has 2 aromatic rings. The summed E-state index contributed by atoms with van der Waals surface area (Å²) >= 11 is 0. The Labute approximate surface area is 120 Å². The van der Waals surface area contributed by atoms with E-state index in [0.29, 0.717) is 12.1 Å². The monoisotopic (exact) mass is 265 g/mol. The fourth-order valence-electron chi connectivity index (χ4n) is 2.78. The summed E-state index contributed by atoms with van der Waals surface area (Å²) in [6, 6.07) is 15.4. The minimum absolute atomic E-state index is 0.333. The lowest BCUT2D eigenvalue weighted by molar-refractivity contribution is 0.293. The summed E-state index contributed by atoms with van der Waals surface area (Å²) in [6.45, 7) is 5.26. The van der Waals surface area contributed by atoms with Gasteiger partial charge in [-0.05, 0) is 31.5 Å². The van der Waals surface area contributed by atoms with Gasteiger partial charge in [0.05, 0.1) is 12.6 Å². The molecule has 0 saturated carbocycles. The number of amidine groups is 1. The van der Waals surface area contributed by atoms with E-state index in [1.165, 1.54) is 5.56 Å². The molecule has 0 amide bonds. The molecule has 1 atom stereocenters. The predicted octanol–water partition coefficient (Wildman–Crippen LogP) is 3.29. The van der Waals surface area contributed by atoms with Gasteiger partial charge in [-0.2, -0.15) is 0 Å². The molecular formula is C17H19N3. The lowest BCUT2D eigenvalue weighted by atomic mass is 10.0. The van der Waals surface area contributed by atoms with Gasteiger partial charge < -0.3 is 4.90 Å². The van der Waals surface area contributed by atoms with Gasteiger partial charge in [-0.25, -0.2) is 0 Å². The van der Waals surface area contributed by atoms with Crippen LogP contribution in [0.5, 0.6) is 0 Å². The molecule has 20 heavy (non-hydrogen) atoms. The standard InChI is InChI=1S/C17H19N3/c1-13(2)20-16(14-6-4-3-5-7-14)12-19-17(20)15-8-10-18-11-9-15/h3-11,13,16H,12H2,1-2H3. The highest BCUT2D eigenvalue weighted by molar-refractivity contribution is 6.00. The molecule has 1 aliphatic rings. The highest BCUT2D eigenvalue weighted by Crippen LogP contribution is 2.30. The van der Waals surface area contributed by atoms with Crippen LogP contribution in [-0.2, 0) is 0 Å². The first kappa shape index (κ1) is 12.9. The fraction of sp³-hybridized carbons (Fsp3) is 0.294. The highest BCUT2D eigenvalue weighted by atomic mass is 15.3. The van der Waals surface area contributed by atoms with Crippen LogP contribution in [0, 0.1) is 0 Å². The normalized spacial score (nSPS) is 18.4. The Morgan fingerprint density at radius 1 is 1.05 bits per heavy atom. The molecule has 1 aliphatic heterocycles. The van der Waals surface area contributed by atoms with Gasteiger partial charge in [-0.1, -0.05) is 30.3 Å². The summed E-state index contributed by atoms with van der Waals surface area (Å²) in [5.74, 6) is 1.08. The van der Waals surface area contributed by atoms with Gasteiger partial charge in [-0.3, -0.25) is 9.98 Å². The van der Waals surface area contributed by atoms with Crippen LogP contribution in [-0.4, -0.2) is 28.3 Å². The van der Waals surface area contributed by atoms with Crippen LogP contribution < -0.4 is 0 Å². The van der Waals surface area contributed by atoms with Crippen LogP contribution in [0.3, 0.4) is 0 Å². The molecule has 0 bridgehead atoms. The quantitative estimate of drug-likeness (QED) is 0.852. The summed E-state index contributed by atoms with van der Waals surface area (Å²) in [5.41, 5.74) is 2.47. The summed E-state index contributed by atoms with van der Waals surface area (Å²) in [7, 11) is 0. The van der Waals surface area contributed by atoms with E-state index >= 15 is 0 Å². The van der Waals surface area contributed by atoms with Gasteiger partial charge in [0.2, 0.25) is 0 Å². The molecule has 1 aromatic carbocycles. The van der Waals surface area contributed by atoms with Crippen LogP contribution in [0.1, 0.15) is 31.0 Å². The number of aromatic nitrogens is 1. The maximum atomic E-state index is 4.78. The van der Waals surface area contributed by atoms with E-state index in [9.17, 15) is 0 Å². The van der Waals surface area contributed by atoms with Crippen LogP contribution >= 0.6 is 0 Å². The molecule has 3 rings (SSSR count). The molecule has 0 saturated heterocycles. The summed E-state index contributed by atoms with van der Waals surface area (Å²) in [4.78, 5) is 11.3. The zero-order valence-electron chi connectivity index (χ0n) is 11.9. The van der Waals surface area contributed by atoms with Gasteiger partial charge >= 0.3 is 0 Å². The predicted molar refractivity (Wildman–Crippen MR) is 81.8 cm³/mol. The van der Waals surface area contributed by atoms with E-state index < -0.39 is 0 Å². The van der Waals surface area contributed by atoms with Crippen molar-refractivity contribution in [1.29, 1.82) is 0 Å². The third-order valence-corrected chi connectivity index (χ3v) is 3.67. The van der Waals surface area contributed by atoms with E-state index in [2.05, 4.69) is 54.1 Å². The van der Waals surface area contributed by atoms with Crippen molar-refractivity contribution in [3.63, 3.8) is 0 Å². The molecule has 3 heteroatoms. The van der Waals surface area contributed by atoms with Gasteiger partial charge in [0, 0.05) is 24.0 Å². The Morgan fingerprint density at radius 2 is 1.75 bits per heavy atom. The largest absolute Gasteiger partial charge is 0.345 e. The smallest absolute Gasteiger partial charge is 0.131 e. The van der Waals surface area contributed by atoms with Gasteiger partial charge in [0.1, 0.15) is 5.84 Å². The van der Waals surface area contributed by atoms with Crippen molar-refractivity contribution in [2.24, 2.45) is 4.99 Å². The van der Waals surface area contributed by atoms with Crippen molar-refractivity contribution in [2.75, 3.05) is 6.54 Å². The lowest BCUT2D eigenvalue weighted by Gasteiger charge is -2.32. The van der Waals surface area contributed by atoms with Crippen LogP contribution in [0.25, 0.3) is 0 Å². The third-order valence-electron chi connectivity index (χ3n) is 3.67. The molecule has 0 N–H and O–H groups in total. The van der Waals surface area contributed by atoms with E-state index in [1.54, 1.807) is 0 Å². The molecule has 102 valence electrons. The zero-order chi connectivity index (χ0) is 13.9. The number of pyridine rings is 1. The number of rotatable bonds is 3. The Hall–Kier alpha value is -2.16. The molecule has 0 aliphatic carbocycles. The van der Waals surface area contributed by atoms with Gasteiger partial charge in [0.25, 0.3) is 0 Å². The number of hydrogen-bond acceptors (Lipinski definition) is 3. The van der Waals surface area contributed by atoms with Crippen molar-refractivity contribution >= 4 is 5.84 Å². The van der Waals surface area contributed by atoms with Gasteiger partial charge in [-0.15, -0.1) is 0 Å². The number of benzene rings is 1. The first-order valence-corrected chi connectivity index (χ1v) is 7.05. The SMILES string of the molecule is CC(C)N1C(c2ccncc2)=NCC1c1ccccc1. The molecule has 1 unspecified atom stereocenters. The Kier molecular flexibility index (Phi) is 3.50. The average Bonchev–Trinajstić information content (AvgIpc) is 2.94. The second-order valence-corrected chi connectivity index (χ2v) is 5.33. The molecule has 0 fully saturated rings. The summed E-state index contributed by atoms with van der Waals surface area (Å²) < 4.78 is 0. The maximum Gasteiger partial charge on any atom is 0.131 e. The van der Waals surface area contributed by atoms with Crippen LogP contribution in [0.4, 0.5) is 0 Å². The Balaban J connectivity index is 1.95. The lowest BCUT2D eigenvalue weighted by Crippen LogP contribution is -2.37. The van der Waals surface area contributed by atoms with E-state index in [1.807, 2.05) is 24.5 Å². The maximum absolute atomic E-state index is 4.78. The van der Waals surface area contributed by atoms with E-state index in [4.69, 9.17) is 4.99 Å². The highest BCUT2D eigenvalue weighted by Gasteiger charge is 2.31. The van der Waals surface area contributed by atoms with Crippen molar-refractivity contribution in [2.45, 2.75) is 25.9 Å². The van der Waals surface area contributed by atoms with E-state index in [0.717, 1.165) is 17.9 Å². The van der Waals surface area contributed by atoms with Crippen molar-refractivity contribution in [3.8, 4) is 0 Å². The molecule has 3 nitrogen and oxygen atoms in total. The minimum Gasteiger partial charge on any atom is -0.345 e. The van der Waals surface area contributed by atoms with Crippen molar-refractivity contribution in [3.05, 3.63) is 66.0 Å². The summed E-state index contributed by atoms with van der Waals surface area (Å²) in [6.07, 6.45) is 3.65. The second-order valence-electron chi connectivity index (χ2n) is 5.33. The molecule has 0 radical (unpaired) electrons. The zero-order valence-corrected chi connectivity index (χ0v) is 11.9.